The minimum Gasteiger partial charge on any atom is -0.325 e. The van der Waals surface area contributed by atoms with Crippen LogP contribution in [0.4, 0.5) is 11.4 Å². The van der Waals surface area contributed by atoms with E-state index in [0.717, 1.165) is 39.5 Å². The van der Waals surface area contributed by atoms with E-state index in [9.17, 15) is 4.79 Å². The number of carbonyl (C=O) groups is 1. The van der Waals surface area contributed by atoms with Gasteiger partial charge in [0.15, 0.2) is 0 Å². The molecule has 4 nitrogen and oxygen atoms in total. The van der Waals surface area contributed by atoms with Crippen molar-refractivity contribution < 1.29 is 4.79 Å². The molecule has 0 radical (unpaired) electrons. The number of benzene rings is 2. The van der Waals surface area contributed by atoms with Gasteiger partial charge in [0.25, 0.3) is 0 Å². The van der Waals surface area contributed by atoms with Gasteiger partial charge in [-0.15, -0.1) is 0 Å². The normalized spacial score (nSPS) is 19.8. The van der Waals surface area contributed by atoms with Crippen LogP contribution in [0.25, 0.3) is 17.0 Å². The number of nitrogens with one attached hydrogen (secondary N) is 1. The van der Waals surface area contributed by atoms with E-state index in [0.29, 0.717) is 0 Å². The molecular weight excluding hydrogens is 382 g/mol. The zero-order valence-electron chi connectivity index (χ0n) is 18.4. The zero-order valence-corrected chi connectivity index (χ0v) is 18.4. The van der Waals surface area contributed by atoms with Gasteiger partial charge in [0.2, 0.25) is 5.91 Å². The Bertz CT molecular complexity index is 1270. The molecule has 0 unspecified atom stereocenters. The monoisotopic (exact) mass is 410 g/mol. The van der Waals surface area contributed by atoms with E-state index in [1.165, 1.54) is 30.0 Å². The molecule has 2 aliphatic heterocycles. The number of fused-ring (bicyclic) bond motifs is 3. The Morgan fingerprint density at radius 2 is 1.87 bits per heavy atom. The first-order chi connectivity index (χ1) is 14.8. The Kier molecular flexibility index (Phi) is 3.66. The molecule has 2 aromatic carbocycles. The van der Waals surface area contributed by atoms with E-state index in [-0.39, 0.29) is 11.3 Å². The number of aromatic nitrogens is 1. The first-order valence-corrected chi connectivity index (χ1v) is 11.2. The van der Waals surface area contributed by atoms with Gasteiger partial charge in [-0.1, -0.05) is 32.9 Å². The molecule has 0 bridgehead atoms. The van der Waals surface area contributed by atoms with Crippen LogP contribution in [0.2, 0.25) is 0 Å². The second kappa shape index (κ2) is 6.04. The molecule has 0 atom stereocenters. The van der Waals surface area contributed by atoms with E-state index >= 15 is 0 Å². The number of amides is 1. The lowest BCUT2D eigenvalue weighted by Crippen LogP contribution is -2.30. The highest BCUT2D eigenvalue weighted by molar-refractivity contribution is 6.02. The van der Waals surface area contributed by atoms with Crippen molar-refractivity contribution in [2.75, 3.05) is 18.4 Å². The summed E-state index contributed by atoms with van der Waals surface area (Å²) in [6.07, 6.45) is 5.94. The standard InChI is InChI=1S/C27H27N3O/c1-26(2,3)24-17-19-16-21(7-9-23(19)30(24)13-14-30)29-25(31)27(10-11-27)20-6-8-22-18(15-20)5-4-12-28-22/h4-9,12,15-17H,10-11,13-14H2,1-3H3/p+1. The Morgan fingerprint density at radius 3 is 2.58 bits per heavy atom. The first-order valence-electron chi connectivity index (χ1n) is 11.2. The highest BCUT2D eigenvalue weighted by atomic mass is 16.2. The molecule has 1 aromatic heterocycles. The van der Waals surface area contributed by atoms with Gasteiger partial charge in [0.05, 0.1) is 10.9 Å². The van der Waals surface area contributed by atoms with E-state index in [2.05, 4.69) is 73.5 Å². The smallest absolute Gasteiger partial charge is 0.235 e. The average Bonchev–Trinajstić information content (AvgIpc) is 3.65. The highest BCUT2D eigenvalue weighted by Crippen LogP contribution is 2.53. The second-order valence-electron chi connectivity index (χ2n) is 10.4. The number of hydrogen-bond acceptors (Lipinski definition) is 2. The Balaban J connectivity index is 1.29. The SMILES string of the molecule is CC(C)(C)C1=Cc2cc(NC(=O)C3(c4ccc5ncccc5c4)CC3)ccc2[N+]12CC2. The van der Waals surface area contributed by atoms with Gasteiger partial charge in [0, 0.05) is 40.4 Å². The molecule has 156 valence electrons. The van der Waals surface area contributed by atoms with Crippen molar-refractivity contribution in [2.45, 2.75) is 39.0 Å². The van der Waals surface area contributed by atoms with Crippen molar-refractivity contribution in [3.63, 3.8) is 0 Å². The van der Waals surface area contributed by atoms with Crippen LogP contribution >= 0.6 is 0 Å². The van der Waals surface area contributed by atoms with Crippen molar-refractivity contribution in [1.82, 2.24) is 9.47 Å². The molecule has 4 heteroatoms. The molecule has 1 saturated heterocycles. The van der Waals surface area contributed by atoms with Crippen LogP contribution in [0.15, 0.2) is 60.4 Å². The third-order valence-electron chi connectivity index (χ3n) is 7.28. The minimum atomic E-state index is -0.413. The van der Waals surface area contributed by atoms with Crippen molar-refractivity contribution in [3.8, 4) is 0 Å². The molecule has 1 aliphatic carbocycles. The van der Waals surface area contributed by atoms with Crippen LogP contribution in [-0.4, -0.2) is 24.0 Å². The number of rotatable bonds is 3. The lowest BCUT2D eigenvalue weighted by molar-refractivity contribution is -0.118. The average molecular weight is 411 g/mol. The first kappa shape index (κ1) is 18.8. The Labute approximate surface area is 183 Å². The molecule has 1 amide bonds. The summed E-state index contributed by atoms with van der Waals surface area (Å²) in [5.74, 6) is 0.101. The summed E-state index contributed by atoms with van der Waals surface area (Å²) >= 11 is 0. The predicted molar refractivity (Wildman–Crippen MR) is 127 cm³/mol. The van der Waals surface area contributed by atoms with Crippen LogP contribution in [0.5, 0.6) is 0 Å². The fourth-order valence-corrected chi connectivity index (χ4v) is 5.37. The Hall–Kier alpha value is -2.98. The van der Waals surface area contributed by atoms with Crippen molar-refractivity contribution in [1.29, 1.82) is 0 Å². The van der Waals surface area contributed by atoms with Gasteiger partial charge < -0.3 is 5.32 Å². The third kappa shape index (κ3) is 2.78. The summed E-state index contributed by atoms with van der Waals surface area (Å²) in [6, 6.07) is 16.7. The minimum absolute atomic E-state index is 0.101. The van der Waals surface area contributed by atoms with Crippen molar-refractivity contribution >= 4 is 34.3 Å². The van der Waals surface area contributed by atoms with Gasteiger partial charge in [-0.05, 0) is 48.7 Å². The summed E-state index contributed by atoms with van der Waals surface area (Å²) in [7, 11) is 0. The third-order valence-corrected chi connectivity index (χ3v) is 7.28. The number of quaternary nitrogens is 1. The largest absolute Gasteiger partial charge is 0.325 e. The predicted octanol–water partition coefficient (Wildman–Crippen LogP) is 5.63. The summed E-state index contributed by atoms with van der Waals surface area (Å²) in [6.45, 7) is 9.24. The van der Waals surface area contributed by atoms with E-state index in [1.807, 2.05) is 12.1 Å². The fourth-order valence-electron chi connectivity index (χ4n) is 5.37. The maximum atomic E-state index is 13.4. The van der Waals surface area contributed by atoms with Crippen LogP contribution in [0.3, 0.4) is 0 Å². The Morgan fingerprint density at radius 1 is 1.06 bits per heavy atom. The van der Waals surface area contributed by atoms with Crippen molar-refractivity contribution in [2.24, 2.45) is 5.41 Å². The molecule has 3 heterocycles. The van der Waals surface area contributed by atoms with Crippen LogP contribution in [0, 0.1) is 5.41 Å². The molecule has 6 rings (SSSR count). The fraction of sp³-hybridized carbons (Fsp3) is 0.333. The lowest BCUT2D eigenvalue weighted by atomic mass is 9.91. The van der Waals surface area contributed by atoms with Gasteiger partial charge in [0.1, 0.15) is 24.5 Å². The number of hydrogen-bond donors (Lipinski definition) is 1. The van der Waals surface area contributed by atoms with Crippen LogP contribution < -0.4 is 9.80 Å². The molecule has 3 aromatic rings. The van der Waals surface area contributed by atoms with Gasteiger partial charge in [-0.3, -0.25) is 14.3 Å². The number of carbonyl (C=O) groups excluding carboxylic acids is 1. The van der Waals surface area contributed by atoms with Crippen LogP contribution in [-0.2, 0) is 10.2 Å². The molecule has 3 aliphatic rings. The summed E-state index contributed by atoms with van der Waals surface area (Å²) in [4.78, 5) is 17.8. The summed E-state index contributed by atoms with van der Waals surface area (Å²) in [5, 5.41) is 4.32. The molecule has 1 spiro atoms. The molecule has 1 saturated carbocycles. The zero-order chi connectivity index (χ0) is 21.4. The second-order valence-corrected chi connectivity index (χ2v) is 10.4. The van der Waals surface area contributed by atoms with Gasteiger partial charge in [-0.25, -0.2) is 0 Å². The maximum absolute atomic E-state index is 13.4. The molecule has 31 heavy (non-hydrogen) atoms. The van der Waals surface area contributed by atoms with Gasteiger partial charge >= 0.3 is 0 Å². The molecular formula is C27H28N3O+. The topological polar surface area (TPSA) is 42.0 Å². The number of anilines is 1. The summed E-state index contributed by atoms with van der Waals surface area (Å²) in [5.41, 5.74) is 6.79. The lowest BCUT2D eigenvalue weighted by Gasteiger charge is -2.26. The molecule has 2 fully saturated rings. The maximum Gasteiger partial charge on any atom is 0.235 e. The quantitative estimate of drug-likeness (QED) is 0.449. The van der Waals surface area contributed by atoms with Crippen LogP contribution in [0.1, 0.15) is 44.7 Å². The number of pyridine rings is 1. The van der Waals surface area contributed by atoms with E-state index in [4.69, 9.17) is 0 Å². The highest BCUT2D eigenvalue weighted by Gasteiger charge is 2.56. The number of allylic oxidation sites excluding steroid dienone is 1. The summed E-state index contributed by atoms with van der Waals surface area (Å²) < 4.78 is 1.00. The number of nitrogens with zero attached hydrogens (tertiary/aromatic N) is 2. The van der Waals surface area contributed by atoms with E-state index in [1.54, 1.807) is 6.20 Å². The van der Waals surface area contributed by atoms with E-state index < -0.39 is 5.41 Å². The van der Waals surface area contributed by atoms with Crippen molar-refractivity contribution in [3.05, 3.63) is 71.6 Å². The molecule has 1 N–H and O–H groups in total. The van der Waals surface area contributed by atoms with Gasteiger partial charge in [-0.2, -0.15) is 0 Å².